The summed E-state index contributed by atoms with van der Waals surface area (Å²) in [6.07, 6.45) is 4.08. The Morgan fingerprint density at radius 1 is 1.00 bits per heavy atom. The van der Waals surface area contributed by atoms with E-state index in [1.807, 2.05) is 49.4 Å². The molecule has 0 atom stereocenters. The molecule has 0 aliphatic rings. The van der Waals surface area contributed by atoms with Crippen LogP contribution >= 0.6 is 0 Å². The average molecular weight is 266 g/mol. The molecule has 0 heterocycles. The molecule has 0 spiro atoms. The third-order valence-electron chi connectivity index (χ3n) is 2.92. The summed E-state index contributed by atoms with van der Waals surface area (Å²) in [5.74, 6) is -0.190. The summed E-state index contributed by atoms with van der Waals surface area (Å²) in [6, 6.07) is 18.5. The van der Waals surface area contributed by atoms with Gasteiger partial charge >= 0.3 is 5.97 Å². The van der Waals surface area contributed by atoms with Gasteiger partial charge in [-0.3, -0.25) is 4.79 Å². The molecule has 2 aromatic rings. The van der Waals surface area contributed by atoms with E-state index in [0.29, 0.717) is 13.0 Å². The molecule has 0 aliphatic carbocycles. The predicted molar refractivity (Wildman–Crippen MR) is 82.2 cm³/mol. The van der Waals surface area contributed by atoms with Gasteiger partial charge in [0, 0.05) is 0 Å². The summed E-state index contributed by atoms with van der Waals surface area (Å²) in [7, 11) is 0. The number of rotatable bonds is 5. The predicted octanol–water partition coefficient (Wildman–Crippen LogP) is 4.32. The monoisotopic (exact) mass is 266 g/mol. The van der Waals surface area contributed by atoms with Crippen LogP contribution in [0.1, 0.15) is 18.9 Å². The van der Waals surface area contributed by atoms with E-state index in [9.17, 15) is 4.79 Å². The van der Waals surface area contributed by atoms with Crippen LogP contribution in [0.5, 0.6) is 0 Å². The second-order valence-corrected chi connectivity index (χ2v) is 4.40. The normalized spacial score (nSPS) is 10.7. The lowest BCUT2D eigenvalue weighted by atomic mass is 10.0. The van der Waals surface area contributed by atoms with Crippen molar-refractivity contribution < 1.29 is 9.53 Å². The molecule has 2 heteroatoms. The van der Waals surface area contributed by atoms with Crippen LogP contribution in [0.3, 0.4) is 0 Å². The second kappa shape index (κ2) is 7.29. The summed E-state index contributed by atoms with van der Waals surface area (Å²) in [5.41, 5.74) is 3.47. The van der Waals surface area contributed by atoms with Crippen molar-refractivity contribution in [2.45, 2.75) is 13.3 Å². The molecule has 102 valence electrons. The summed E-state index contributed by atoms with van der Waals surface area (Å²) in [5, 5.41) is 0. The first-order chi connectivity index (χ1) is 9.79. The molecular formula is C18H18O2. The van der Waals surface area contributed by atoms with Gasteiger partial charge in [-0.1, -0.05) is 66.7 Å². The molecular weight excluding hydrogens is 248 g/mol. The van der Waals surface area contributed by atoms with E-state index in [0.717, 1.165) is 5.56 Å². The van der Waals surface area contributed by atoms with Crippen LogP contribution in [0.2, 0.25) is 0 Å². The Morgan fingerprint density at radius 3 is 2.30 bits per heavy atom. The van der Waals surface area contributed by atoms with Gasteiger partial charge in [0.05, 0.1) is 13.0 Å². The highest BCUT2D eigenvalue weighted by Crippen LogP contribution is 2.19. The van der Waals surface area contributed by atoms with Crippen molar-refractivity contribution in [3.8, 4) is 11.1 Å². The molecule has 0 aromatic heterocycles. The fourth-order valence-electron chi connectivity index (χ4n) is 1.93. The molecule has 20 heavy (non-hydrogen) atoms. The van der Waals surface area contributed by atoms with Crippen molar-refractivity contribution in [1.29, 1.82) is 0 Å². The van der Waals surface area contributed by atoms with Crippen LogP contribution in [-0.4, -0.2) is 12.6 Å². The number of esters is 1. The van der Waals surface area contributed by atoms with E-state index in [4.69, 9.17) is 4.74 Å². The first kappa shape index (κ1) is 14.1. The van der Waals surface area contributed by atoms with E-state index in [1.165, 1.54) is 11.1 Å². The van der Waals surface area contributed by atoms with E-state index in [1.54, 1.807) is 0 Å². The lowest BCUT2D eigenvalue weighted by molar-refractivity contribution is -0.142. The zero-order valence-electron chi connectivity index (χ0n) is 11.6. The third kappa shape index (κ3) is 4.09. The quantitative estimate of drug-likeness (QED) is 0.753. The standard InChI is InChI=1S/C18H18O2/c1-2-20-18(19)10-6-7-15-11-13-17(14-12-15)16-8-4-3-5-9-16/h3-9,11-14H,2,10H2,1H3/b7-6+. The number of hydrogen-bond donors (Lipinski definition) is 0. The molecule has 0 radical (unpaired) electrons. The van der Waals surface area contributed by atoms with Gasteiger partial charge in [-0.15, -0.1) is 0 Å². The van der Waals surface area contributed by atoms with Crippen LogP contribution in [0.15, 0.2) is 60.7 Å². The largest absolute Gasteiger partial charge is 0.466 e. The number of carbonyl (C=O) groups is 1. The number of carbonyl (C=O) groups excluding carboxylic acids is 1. The van der Waals surface area contributed by atoms with Crippen molar-refractivity contribution in [3.63, 3.8) is 0 Å². The fourth-order valence-corrected chi connectivity index (χ4v) is 1.93. The maximum Gasteiger partial charge on any atom is 0.309 e. The Balaban J connectivity index is 1.98. The van der Waals surface area contributed by atoms with Crippen LogP contribution in [0.4, 0.5) is 0 Å². The lowest BCUT2D eigenvalue weighted by Crippen LogP contribution is -2.01. The Hall–Kier alpha value is -2.35. The van der Waals surface area contributed by atoms with Gasteiger partial charge in [-0.25, -0.2) is 0 Å². The number of hydrogen-bond acceptors (Lipinski definition) is 2. The number of ether oxygens (including phenoxy) is 1. The van der Waals surface area contributed by atoms with Crippen molar-refractivity contribution in [3.05, 3.63) is 66.2 Å². The van der Waals surface area contributed by atoms with E-state index in [2.05, 4.69) is 24.3 Å². The summed E-state index contributed by atoms with van der Waals surface area (Å²) in [4.78, 5) is 11.2. The minimum absolute atomic E-state index is 0.190. The molecule has 0 fully saturated rings. The van der Waals surface area contributed by atoms with Gasteiger partial charge in [0.1, 0.15) is 0 Å². The Morgan fingerprint density at radius 2 is 1.65 bits per heavy atom. The van der Waals surface area contributed by atoms with Crippen LogP contribution < -0.4 is 0 Å². The molecule has 0 unspecified atom stereocenters. The minimum Gasteiger partial charge on any atom is -0.466 e. The first-order valence-electron chi connectivity index (χ1n) is 6.77. The Kier molecular flexibility index (Phi) is 5.13. The van der Waals surface area contributed by atoms with Crippen LogP contribution in [0, 0.1) is 0 Å². The maximum atomic E-state index is 11.2. The van der Waals surface area contributed by atoms with Gasteiger partial charge < -0.3 is 4.74 Å². The molecule has 2 aromatic carbocycles. The maximum absolute atomic E-state index is 11.2. The second-order valence-electron chi connectivity index (χ2n) is 4.40. The Bertz CT molecular complexity index is 568. The summed E-state index contributed by atoms with van der Waals surface area (Å²) < 4.78 is 4.87. The highest BCUT2D eigenvalue weighted by Gasteiger charge is 1.97. The van der Waals surface area contributed by atoms with Gasteiger partial charge in [0.15, 0.2) is 0 Å². The summed E-state index contributed by atoms with van der Waals surface area (Å²) >= 11 is 0. The summed E-state index contributed by atoms with van der Waals surface area (Å²) in [6.45, 7) is 2.24. The van der Waals surface area contributed by atoms with Crippen molar-refractivity contribution in [1.82, 2.24) is 0 Å². The van der Waals surface area contributed by atoms with Crippen LogP contribution in [0.25, 0.3) is 17.2 Å². The van der Waals surface area contributed by atoms with Crippen molar-refractivity contribution in [2.75, 3.05) is 6.61 Å². The van der Waals surface area contributed by atoms with E-state index in [-0.39, 0.29) is 5.97 Å². The topological polar surface area (TPSA) is 26.3 Å². The lowest BCUT2D eigenvalue weighted by Gasteiger charge is -2.02. The zero-order valence-corrected chi connectivity index (χ0v) is 11.6. The molecule has 0 bridgehead atoms. The SMILES string of the molecule is CCOC(=O)C/C=C/c1ccc(-c2ccccc2)cc1. The molecule has 0 N–H and O–H groups in total. The smallest absolute Gasteiger partial charge is 0.309 e. The third-order valence-corrected chi connectivity index (χ3v) is 2.92. The highest BCUT2D eigenvalue weighted by molar-refractivity contribution is 5.73. The highest BCUT2D eigenvalue weighted by atomic mass is 16.5. The zero-order chi connectivity index (χ0) is 14.2. The molecule has 2 rings (SSSR count). The van der Waals surface area contributed by atoms with Crippen molar-refractivity contribution >= 4 is 12.0 Å². The molecule has 2 nitrogen and oxygen atoms in total. The fraction of sp³-hybridized carbons (Fsp3) is 0.167. The minimum atomic E-state index is -0.190. The average Bonchev–Trinajstić information content (AvgIpc) is 2.49. The molecule has 0 saturated carbocycles. The van der Waals surface area contributed by atoms with Gasteiger partial charge in [-0.2, -0.15) is 0 Å². The molecule has 0 aliphatic heterocycles. The van der Waals surface area contributed by atoms with Crippen LogP contribution in [-0.2, 0) is 9.53 Å². The van der Waals surface area contributed by atoms with E-state index >= 15 is 0 Å². The number of benzene rings is 2. The van der Waals surface area contributed by atoms with Gasteiger partial charge in [0.2, 0.25) is 0 Å². The molecule has 0 saturated heterocycles. The van der Waals surface area contributed by atoms with Gasteiger partial charge in [0.25, 0.3) is 0 Å². The molecule has 0 amide bonds. The van der Waals surface area contributed by atoms with E-state index < -0.39 is 0 Å². The Labute approximate surface area is 119 Å². The van der Waals surface area contributed by atoms with Gasteiger partial charge in [-0.05, 0) is 23.6 Å². The first-order valence-corrected chi connectivity index (χ1v) is 6.77. The van der Waals surface area contributed by atoms with Crippen molar-refractivity contribution in [2.24, 2.45) is 0 Å².